The fourth-order valence-corrected chi connectivity index (χ4v) is 3.03. The van der Waals surface area contributed by atoms with Gasteiger partial charge in [-0.1, -0.05) is 28.1 Å². The number of hydrogen-bond acceptors (Lipinski definition) is 5. The van der Waals surface area contributed by atoms with Gasteiger partial charge in [0.15, 0.2) is 18.1 Å². The van der Waals surface area contributed by atoms with Gasteiger partial charge in [0.25, 0.3) is 5.91 Å². The Labute approximate surface area is 155 Å². The molecule has 0 saturated carbocycles. The number of benzene rings is 2. The first-order chi connectivity index (χ1) is 11.5. The second-order valence-corrected chi connectivity index (χ2v) is 6.33. The molecule has 24 heavy (non-hydrogen) atoms. The van der Waals surface area contributed by atoms with E-state index in [0.717, 1.165) is 4.47 Å². The highest BCUT2D eigenvalue weighted by Crippen LogP contribution is 2.30. The van der Waals surface area contributed by atoms with Crippen LogP contribution in [0.2, 0.25) is 0 Å². The molecule has 1 amide bonds. The van der Waals surface area contributed by atoms with E-state index in [9.17, 15) is 9.90 Å². The number of carbonyl (C=O) groups excluding carboxylic acids is 1. The molecule has 0 heterocycles. The van der Waals surface area contributed by atoms with Crippen LogP contribution in [0, 0.1) is 0 Å². The number of phenols is 1. The average Bonchev–Trinajstić information content (AvgIpc) is 2.57. The molecule has 0 aromatic heterocycles. The molecule has 0 unspecified atom stereocenters. The second kappa shape index (κ2) is 8.70. The van der Waals surface area contributed by atoms with Crippen molar-refractivity contribution in [3.05, 3.63) is 50.9 Å². The van der Waals surface area contributed by atoms with E-state index in [1.807, 2.05) is 0 Å². The number of aromatic hydroxyl groups is 1. The molecule has 126 valence electrons. The summed E-state index contributed by atoms with van der Waals surface area (Å²) < 4.78 is 11.8. The number of amides is 1. The Balaban J connectivity index is 1.92. The molecule has 0 aliphatic carbocycles. The van der Waals surface area contributed by atoms with E-state index < -0.39 is 5.91 Å². The number of halogens is 2. The van der Waals surface area contributed by atoms with Crippen LogP contribution < -0.4 is 14.9 Å². The summed E-state index contributed by atoms with van der Waals surface area (Å²) in [7, 11) is 1.52. The Morgan fingerprint density at radius 3 is 2.71 bits per heavy atom. The number of carbonyl (C=O) groups is 1. The molecule has 0 radical (unpaired) electrons. The smallest absolute Gasteiger partial charge is 0.277 e. The minimum absolute atomic E-state index is 0.0291. The highest BCUT2D eigenvalue weighted by atomic mass is 79.9. The predicted molar refractivity (Wildman–Crippen MR) is 97.7 cm³/mol. The van der Waals surface area contributed by atoms with E-state index in [-0.39, 0.29) is 12.4 Å². The van der Waals surface area contributed by atoms with Gasteiger partial charge in [0, 0.05) is 10.0 Å². The van der Waals surface area contributed by atoms with E-state index >= 15 is 0 Å². The fraction of sp³-hybridized carbons (Fsp3) is 0.125. The van der Waals surface area contributed by atoms with Crippen LogP contribution in [0.1, 0.15) is 5.56 Å². The standard InChI is InChI=1S/C16H14Br2N2O4/c1-23-13-4-2-3-5-14(13)24-9-15(21)20-19-8-10-6-11(17)7-12(18)16(10)22/h2-8,22H,9H2,1H3,(H,20,21)/b19-8+. The Hall–Kier alpha value is -2.06. The zero-order valence-corrected chi connectivity index (χ0v) is 15.8. The van der Waals surface area contributed by atoms with Gasteiger partial charge >= 0.3 is 0 Å². The predicted octanol–water partition coefficient (Wildman–Crippen LogP) is 3.45. The zero-order chi connectivity index (χ0) is 17.5. The van der Waals surface area contributed by atoms with E-state index in [4.69, 9.17) is 9.47 Å². The molecule has 0 spiro atoms. The van der Waals surface area contributed by atoms with Crippen molar-refractivity contribution in [2.45, 2.75) is 0 Å². The van der Waals surface area contributed by atoms with E-state index in [2.05, 4.69) is 42.4 Å². The minimum Gasteiger partial charge on any atom is -0.506 e. The first-order valence-corrected chi connectivity index (χ1v) is 8.35. The van der Waals surface area contributed by atoms with Gasteiger partial charge in [-0.3, -0.25) is 4.79 Å². The Morgan fingerprint density at radius 2 is 2.00 bits per heavy atom. The number of ether oxygens (including phenoxy) is 2. The number of rotatable bonds is 6. The molecule has 0 saturated heterocycles. The van der Waals surface area contributed by atoms with Crippen molar-refractivity contribution in [1.82, 2.24) is 5.43 Å². The van der Waals surface area contributed by atoms with Crippen molar-refractivity contribution < 1.29 is 19.4 Å². The van der Waals surface area contributed by atoms with Crippen molar-refractivity contribution in [2.24, 2.45) is 5.10 Å². The summed E-state index contributed by atoms with van der Waals surface area (Å²) in [6, 6.07) is 10.4. The molecule has 2 aromatic carbocycles. The summed E-state index contributed by atoms with van der Waals surface area (Å²) in [5.41, 5.74) is 2.77. The maximum absolute atomic E-state index is 11.8. The molecule has 0 aliphatic heterocycles. The molecule has 0 bridgehead atoms. The fourth-order valence-electron chi connectivity index (χ4n) is 1.77. The number of phenolic OH excluding ortho intramolecular Hbond substituents is 1. The van der Waals surface area contributed by atoms with Crippen LogP contribution >= 0.6 is 31.9 Å². The third-order valence-corrected chi connectivity index (χ3v) is 3.94. The summed E-state index contributed by atoms with van der Waals surface area (Å²) in [6.07, 6.45) is 1.34. The van der Waals surface area contributed by atoms with Gasteiger partial charge in [0.1, 0.15) is 5.75 Å². The maximum atomic E-state index is 11.8. The van der Waals surface area contributed by atoms with Crippen LogP contribution in [0.4, 0.5) is 0 Å². The van der Waals surface area contributed by atoms with Crippen molar-refractivity contribution in [3.8, 4) is 17.2 Å². The molecule has 2 aromatic rings. The highest BCUT2D eigenvalue weighted by molar-refractivity contribution is 9.11. The van der Waals surface area contributed by atoms with Crippen LogP contribution in [-0.4, -0.2) is 30.9 Å². The van der Waals surface area contributed by atoms with Gasteiger partial charge < -0.3 is 14.6 Å². The second-order valence-electron chi connectivity index (χ2n) is 4.56. The third kappa shape index (κ3) is 4.97. The van der Waals surface area contributed by atoms with Gasteiger partial charge in [-0.15, -0.1) is 0 Å². The topological polar surface area (TPSA) is 80.2 Å². The van der Waals surface area contributed by atoms with E-state index in [1.165, 1.54) is 13.3 Å². The Kier molecular flexibility index (Phi) is 6.62. The molecular weight excluding hydrogens is 444 g/mol. The monoisotopic (exact) mass is 456 g/mol. The molecule has 2 rings (SSSR count). The lowest BCUT2D eigenvalue weighted by Crippen LogP contribution is -2.24. The highest BCUT2D eigenvalue weighted by Gasteiger charge is 2.07. The number of nitrogens with zero attached hydrogens (tertiary/aromatic N) is 1. The largest absolute Gasteiger partial charge is 0.506 e. The molecular formula is C16H14Br2N2O4. The van der Waals surface area contributed by atoms with Gasteiger partial charge in [0.2, 0.25) is 0 Å². The van der Waals surface area contributed by atoms with Crippen molar-refractivity contribution >= 4 is 44.0 Å². The minimum atomic E-state index is -0.439. The summed E-state index contributed by atoms with van der Waals surface area (Å²) in [4.78, 5) is 11.8. The van der Waals surface area contributed by atoms with Crippen LogP contribution in [0.5, 0.6) is 17.2 Å². The zero-order valence-electron chi connectivity index (χ0n) is 12.6. The molecule has 8 heteroatoms. The summed E-state index contributed by atoms with van der Waals surface area (Å²) in [6.45, 7) is -0.216. The Bertz CT molecular complexity index is 766. The molecule has 0 atom stereocenters. The van der Waals surface area contributed by atoms with Gasteiger partial charge in [0.05, 0.1) is 17.8 Å². The lowest BCUT2D eigenvalue weighted by Gasteiger charge is -2.09. The maximum Gasteiger partial charge on any atom is 0.277 e. The van der Waals surface area contributed by atoms with Gasteiger partial charge in [-0.25, -0.2) is 5.43 Å². The third-order valence-electron chi connectivity index (χ3n) is 2.88. The first-order valence-electron chi connectivity index (χ1n) is 6.77. The molecule has 2 N–H and O–H groups in total. The van der Waals surface area contributed by atoms with Crippen LogP contribution in [0.15, 0.2) is 50.4 Å². The molecule has 0 aliphatic rings. The number of methoxy groups -OCH3 is 1. The normalized spacial score (nSPS) is 10.6. The van der Waals surface area contributed by atoms with E-state index in [1.54, 1.807) is 36.4 Å². The summed E-state index contributed by atoms with van der Waals surface area (Å²) in [5, 5.41) is 13.7. The van der Waals surface area contributed by atoms with Crippen LogP contribution in [0.25, 0.3) is 0 Å². The lowest BCUT2D eigenvalue weighted by atomic mass is 10.2. The summed E-state index contributed by atoms with van der Waals surface area (Å²) >= 11 is 6.53. The number of nitrogens with one attached hydrogen (secondary N) is 1. The lowest BCUT2D eigenvalue weighted by molar-refractivity contribution is -0.123. The number of para-hydroxylation sites is 2. The SMILES string of the molecule is COc1ccccc1OCC(=O)N/N=C/c1cc(Br)cc(Br)c1O. The van der Waals surface area contributed by atoms with Gasteiger partial charge in [-0.05, 0) is 40.2 Å². The van der Waals surface area contributed by atoms with Crippen LogP contribution in [-0.2, 0) is 4.79 Å². The van der Waals surface area contributed by atoms with Gasteiger partial charge in [-0.2, -0.15) is 5.10 Å². The number of hydrazone groups is 1. The van der Waals surface area contributed by atoms with E-state index in [0.29, 0.717) is 21.5 Å². The average molecular weight is 458 g/mol. The first kappa shape index (κ1) is 18.3. The Morgan fingerprint density at radius 1 is 1.29 bits per heavy atom. The van der Waals surface area contributed by atoms with Crippen molar-refractivity contribution in [3.63, 3.8) is 0 Å². The molecule has 6 nitrogen and oxygen atoms in total. The summed E-state index contributed by atoms with van der Waals surface area (Å²) in [5.74, 6) is 0.595. The quantitative estimate of drug-likeness (QED) is 0.514. The number of hydrogen-bond donors (Lipinski definition) is 2. The van der Waals surface area contributed by atoms with Crippen molar-refractivity contribution in [1.29, 1.82) is 0 Å². The van der Waals surface area contributed by atoms with Crippen molar-refractivity contribution in [2.75, 3.05) is 13.7 Å². The molecule has 0 fully saturated rings. The van der Waals surface area contributed by atoms with Crippen LogP contribution in [0.3, 0.4) is 0 Å².